The molecule has 1 N–H and O–H groups in total. The molecule has 1 rings (SSSR count). The molecule has 1 atom stereocenters. The maximum atomic E-state index is 12.3. The van der Waals surface area contributed by atoms with Gasteiger partial charge in [-0.3, -0.25) is 14.7 Å². The van der Waals surface area contributed by atoms with Crippen LogP contribution in [-0.2, 0) is 9.09 Å². The van der Waals surface area contributed by atoms with Gasteiger partial charge in [0.05, 0.1) is 18.9 Å². The lowest BCUT2D eigenvalue weighted by atomic mass is 10.4. The first-order valence-electron chi connectivity index (χ1n) is 5.93. The maximum absolute atomic E-state index is 12.3. The molecule has 0 fully saturated rings. The van der Waals surface area contributed by atoms with E-state index in [0.717, 1.165) is 6.42 Å². The Morgan fingerprint density at radius 2 is 2.40 bits per heavy atom. The van der Waals surface area contributed by atoms with Crippen LogP contribution in [0.2, 0.25) is 0 Å². The highest BCUT2D eigenvalue weighted by molar-refractivity contribution is 8.56. The average molecular weight is 321 g/mol. The fourth-order valence-corrected chi connectivity index (χ4v) is 4.43. The molecular formula is C10H16N3O5PS. The lowest BCUT2D eigenvalue weighted by molar-refractivity contribution is -0.402. The van der Waals surface area contributed by atoms with Crippen LogP contribution in [0.5, 0.6) is 0 Å². The van der Waals surface area contributed by atoms with Crippen molar-refractivity contribution in [1.29, 1.82) is 0 Å². The molecule has 0 aliphatic heterocycles. The van der Waals surface area contributed by atoms with Crippen molar-refractivity contribution in [2.45, 2.75) is 20.3 Å². The summed E-state index contributed by atoms with van der Waals surface area (Å²) in [7, 11) is 0. The Balaban J connectivity index is 2.63. The lowest BCUT2D eigenvalue weighted by Gasteiger charge is -2.14. The summed E-state index contributed by atoms with van der Waals surface area (Å²) in [5, 5.41) is 16.7. The third kappa shape index (κ3) is 5.36. The Morgan fingerprint density at radius 3 is 2.95 bits per heavy atom. The van der Waals surface area contributed by atoms with E-state index in [0.29, 0.717) is 17.9 Å². The molecule has 8 nitrogen and oxygen atoms in total. The molecule has 0 spiro atoms. The summed E-state index contributed by atoms with van der Waals surface area (Å²) in [6.45, 7) is 0.928. The first-order valence-corrected chi connectivity index (χ1v) is 9.14. The molecule has 0 radical (unpaired) electrons. The van der Waals surface area contributed by atoms with Crippen molar-refractivity contribution in [3.05, 3.63) is 28.0 Å². The van der Waals surface area contributed by atoms with Gasteiger partial charge < -0.3 is 8.94 Å². The molecule has 0 saturated carbocycles. The molecule has 0 aromatic carbocycles. The van der Waals surface area contributed by atoms with Gasteiger partial charge in [-0.1, -0.05) is 6.92 Å². The van der Waals surface area contributed by atoms with Crippen molar-refractivity contribution in [3.8, 4) is 0 Å². The highest BCUT2D eigenvalue weighted by Crippen LogP contribution is 2.55. The molecular weight excluding hydrogens is 305 g/mol. The van der Waals surface area contributed by atoms with Crippen molar-refractivity contribution in [1.82, 2.24) is 5.20 Å². The van der Waals surface area contributed by atoms with Gasteiger partial charge in [0.1, 0.15) is 11.2 Å². The van der Waals surface area contributed by atoms with Gasteiger partial charge in [-0.05, 0) is 24.7 Å². The van der Waals surface area contributed by atoms with Crippen LogP contribution in [0.15, 0.2) is 21.8 Å². The fraction of sp³-hybridized carbons (Fsp3) is 0.500. The van der Waals surface area contributed by atoms with Crippen LogP contribution in [0.3, 0.4) is 0 Å². The van der Waals surface area contributed by atoms with E-state index in [-0.39, 0.29) is 5.88 Å². The van der Waals surface area contributed by atoms with E-state index in [1.165, 1.54) is 29.9 Å². The topological polar surface area (TPSA) is 107 Å². The van der Waals surface area contributed by atoms with Crippen LogP contribution < -0.4 is 5.20 Å². The van der Waals surface area contributed by atoms with Gasteiger partial charge >= 0.3 is 12.6 Å². The number of nitrogens with one attached hydrogen (secondary N) is 1. The summed E-state index contributed by atoms with van der Waals surface area (Å²) >= 11 is 1.17. The molecule has 0 amide bonds. The molecule has 0 aliphatic rings. The molecule has 20 heavy (non-hydrogen) atoms. The van der Waals surface area contributed by atoms with Gasteiger partial charge in [0, 0.05) is 11.3 Å². The van der Waals surface area contributed by atoms with Crippen LogP contribution in [-0.4, -0.2) is 23.5 Å². The Hall–Kier alpha value is -1.31. The van der Waals surface area contributed by atoms with Crippen molar-refractivity contribution in [3.63, 3.8) is 0 Å². The zero-order valence-corrected chi connectivity index (χ0v) is 12.9. The number of furan rings is 1. The molecule has 112 valence electrons. The molecule has 1 heterocycles. The van der Waals surface area contributed by atoms with Crippen molar-refractivity contribution < 1.29 is 18.4 Å². The van der Waals surface area contributed by atoms with Gasteiger partial charge in [0.25, 0.3) is 0 Å². The Kier molecular flexibility index (Phi) is 6.77. The van der Waals surface area contributed by atoms with E-state index >= 15 is 0 Å². The number of rotatable bonds is 9. The first kappa shape index (κ1) is 16.7. The second-order valence-electron chi connectivity index (χ2n) is 3.58. The number of hydrazone groups is 1. The van der Waals surface area contributed by atoms with Crippen LogP contribution >= 0.6 is 18.1 Å². The second-order valence-corrected chi connectivity index (χ2v) is 7.92. The zero-order valence-electron chi connectivity index (χ0n) is 11.1. The highest BCUT2D eigenvalue weighted by atomic mass is 32.7. The van der Waals surface area contributed by atoms with E-state index in [9.17, 15) is 14.7 Å². The Bertz CT molecular complexity index is 519. The average Bonchev–Trinajstić information content (AvgIpc) is 2.86. The van der Waals surface area contributed by atoms with Gasteiger partial charge in [0.2, 0.25) is 0 Å². The van der Waals surface area contributed by atoms with Gasteiger partial charge in [-0.25, -0.2) is 5.20 Å². The SMILES string of the molecule is CCCSP(=O)(N/N=C/c1coc([N+](=O)[O-])c1)OCC. The second kappa shape index (κ2) is 8.08. The number of nitro groups is 1. The van der Waals surface area contributed by atoms with Crippen LogP contribution in [0.4, 0.5) is 5.88 Å². The van der Waals surface area contributed by atoms with E-state index in [1.807, 2.05) is 6.92 Å². The smallest absolute Gasteiger partial charge is 0.409 e. The molecule has 1 aromatic heterocycles. The number of hydrogen-bond acceptors (Lipinski definition) is 7. The highest BCUT2D eigenvalue weighted by Gasteiger charge is 2.22. The van der Waals surface area contributed by atoms with Gasteiger partial charge in [-0.2, -0.15) is 5.10 Å². The summed E-state index contributed by atoms with van der Waals surface area (Å²) in [6.07, 6.45) is 3.34. The van der Waals surface area contributed by atoms with E-state index < -0.39 is 11.6 Å². The van der Waals surface area contributed by atoms with Crippen molar-refractivity contribution in [2.24, 2.45) is 5.10 Å². The lowest BCUT2D eigenvalue weighted by Crippen LogP contribution is -2.04. The first-order chi connectivity index (χ1) is 9.50. The van der Waals surface area contributed by atoms with E-state index in [4.69, 9.17) is 8.94 Å². The van der Waals surface area contributed by atoms with E-state index in [2.05, 4.69) is 10.3 Å². The molecule has 1 unspecified atom stereocenters. The van der Waals surface area contributed by atoms with E-state index in [1.54, 1.807) is 6.92 Å². The quantitative estimate of drug-likeness (QED) is 0.321. The molecule has 0 aliphatic carbocycles. The third-order valence-corrected chi connectivity index (χ3v) is 5.96. The number of nitrogens with zero attached hydrogens (tertiary/aromatic N) is 2. The molecule has 0 bridgehead atoms. The van der Waals surface area contributed by atoms with Crippen molar-refractivity contribution in [2.75, 3.05) is 12.4 Å². The number of hydrogen-bond donors (Lipinski definition) is 1. The Labute approximate surface area is 120 Å². The normalized spacial score (nSPS) is 14.3. The predicted molar refractivity (Wildman–Crippen MR) is 78.1 cm³/mol. The van der Waals surface area contributed by atoms with Crippen molar-refractivity contribution >= 4 is 30.2 Å². The minimum absolute atomic E-state index is 0.299. The minimum atomic E-state index is -3.08. The molecule has 10 heteroatoms. The van der Waals surface area contributed by atoms with Crippen LogP contribution in [0.1, 0.15) is 25.8 Å². The maximum Gasteiger partial charge on any atom is 0.433 e. The largest absolute Gasteiger partial charge is 0.433 e. The zero-order chi connectivity index (χ0) is 15.0. The molecule has 1 aromatic rings. The summed E-state index contributed by atoms with van der Waals surface area (Å²) in [4.78, 5) is 9.79. The summed E-state index contributed by atoms with van der Waals surface area (Å²) in [6, 6.07) is 1.22. The summed E-state index contributed by atoms with van der Waals surface area (Å²) in [5.74, 6) is 0.302. The monoisotopic (exact) mass is 321 g/mol. The third-order valence-electron chi connectivity index (χ3n) is 1.94. The molecule has 0 saturated heterocycles. The Morgan fingerprint density at radius 1 is 1.65 bits per heavy atom. The van der Waals surface area contributed by atoms with Gasteiger partial charge in [0.15, 0.2) is 0 Å². The fourth-order valence-electron chi connectivity index (χ4n) is 1.15. The standard InChI is InChI=1S/C10H16N3O5PS/c1-3-5-20-19(16,18-4-2)12-11-7-9-6-10(13(14)15)17-8-9/h6-8H,3-5H2,1-2H3,(H,12,16)/b11-7+. The van der Waals surface area contributed by atoms with Crippen LogP contribution in [0.25, 0.3) is 0 Å². The summed E-state index contributed by atoms with van der Waals surface area (Å²) in [5.41, 5.74) is 0.396. The summed E-state index contributed by atoms with van der Waals surface area (Å²) < 4.78 is 22.1. The predicted octanol–water partition coefficient (Wildman–Crippen LogP) is 3.40. The minimum Gasteiger partial charge on any atom is -0.409 e. The van der Waals surface area contributed by atoms with Gasteiger partial charge in [-0.15, -0.1) is 0 Å². The van der Waals surface area contributed by atoms with Crippen LogP contribution in [0, 0.1) is 10.1 Å².